The van der Waals surface area contributed by atoms with E-state index in [2.05, 4.69) is 5.32 Å². The summed E-state index contributed by atoms with van der Waals surface area (Å²) in [7, 11) is 0. The van der Waals surface area contributed by atoms with Gasteiger partial charge in [0.1, 0.15) is 0 Å². The molecule has 3 rings (SSSR count). The van der Waals surface area contributed by atoms with Gasteiger partial charge in [0.25, 0.3) is 5.91 Å². The molecule has 3 N–H and O–H groups in total. The average molecular weight is 408 g/mol. The number of carbonyl (C=O) groups is 2. The van der Waals surface area contributed by atoms with E-state index in [1.165, 1.54) is 11.3 Å². The van der Waals surface area contributed by atoms with Gasteiger partial charge in [0.2, 0.25) is 5.91 Å². The van der Waals surface area contributed by atoms with Crippen molar-refractivity contribution in [3.8, 4) is 0 Å². The van der Waals surface area contributed by atoms with Crippen LogP contribution in [0.4, 0.5) is 5.69 Å². The van der Waals surface area contributed by atoms with Crippen molar-refractivity contribution in [2.75, 3.05) is 18.8 Å². The van der Waals surface area contributed by atoms with Crippen LogP contribution in [0.25, 0.3) is 0 Å². The molecule has 1 aromatic carbocycles. The number of piperidine rings is 1. The first-order chi connectivity index (χ1) is 12.5. The number of benzene rings is 1. The van der Waals surface area contributed by atoms with Crippen LogP contribution in [0.2, 0.25) is 0 Å². The summed E-state index contributed by atoms with van der Waals surface area (Å²) in [6.45, 7) is 3.38. The van der Waals surface area contributed by atoms with Gasteiger partial charge >= 0.3 is 0 Å². The van der Waals surface area contributed by atoms with Gasteiger partial charge in [-0.25, -0.2) is 0 Å². The Balaban J connectivity index is 0.00000261. The second-order valence-electron chi connectivity index (χ2n) is 6.74. The largest absolute Gasteiger partial charge is 0.399 e. The lowest BCUT2D eigenvalue weighted by Crippen LogP contribution is -2.46. The molecule has 1 fully saturated rings. The Morgan fingerprint density at radius 2 is 1.89 bits per heavy atom. The van der Waals surface area contributed by atoms with Crippen molar-refractivity contribution in [2.24, 2.45) is 0 Å². The zero-order valence-corrected chi connectivity index (χ0v) is 17.1. The SMILES string of the molecule is Cc1ccc(C(=O)NC2CCN(C(=O)CCc3ccccc3N)CC2)s1.Cl. The molecule has 7 heteroatoms. The summed E-state index contributed by atoms with van der Waals surface area (Å²) in [6, 6.07) is 11.6. The second-order valence-corrected chi connectivity index (χ2v) is 8.03. The van der Waals surface area contributed by atoms with Gasteiger partial charge in [0.05, 0.1) is 4.88 Å². The third kappa shape index (κ3) is 5.71. The fourth-order valence-electron chi connectivity index (χ4n) is 3.25. The highest BCUT2D eigenvalue weighted by Crippen LogP contribution is 2.18. The molecule has 5 nitrogen and oxygen atoms in total. The third-order valence-corrected chi connectivity index (χ3v) is 5.81. The van der Waals surface area contributed by atoms with E-state index in [9.17, 15) is 9.59 Å². The van der Waals surface area contributed by atoms with E-state index in [0.29, 0.717) is 25.9 Å². The van der Waals surface area contributed by atoms with Crippen molar-refractivity contribution in [1.82, 2.24) is 10.2 Å². The Morgan fingerprint density at radius 1 is 1.19 bits per heavy atom. The van der Waals surface area contributed by atoms with Crippen LogP contribution in [0, 0.1) is 6.92 Å². The van der Waals surface area contributed by atoms with Gasteiger partial charge < -0.3 is 16.0 Å². The monoisotopic (exact) mass is 407 g/mol. The number of nitrogens with two attached hydrogens (primary N) is 1. The summed E-state index contributed by atoms with van der Waals surface area (Å²) >= 11 is 1.51. The van der Waals surface area contributed by atoms with Crippen molar-refractivity contribution in [2.45, 2.75) is 38.6 Å². The first-order valence-corrected chi connectivity index (χ1v) is 9.83. The van der Waals surface area contributed by atoms with Crippen LogP contribution in [0.15, 0.2) is 36.4 Å². The van der Waals surface area contributed by atoms with E-state index in [0.717, 1.165) is 33.8 Å². The van der Waals surface area contributed by atoms with Crippen LogP contribution in [-0.4, -0.2) is 35.8 Å². The Morgan fingerprint density at radius 3 is 2.52 bits per heavy atom. The summed E-state index contributed by atoms with van der Waals surface area (Å²) in [6.07, 6.45) is 2.74. The van der Waals surface area contributed by atoms with E-state index < -0.39 is 0 Å². The summed E-state index contributed by atoms with van der Waals surface area (Å²) in [5.41, 5.74) is 7.70. The number of halogens is 1. The highest BCUT2D eigenvalue weighted by atomic mass is 35.5. The van der Waals surface area contributed by atoms with Crippen LogP contribution in [-0.2, 0) is 11.2 Å². The number of rotatable bonds is 5. The van der Waals surface area contributed by atoms with Crippen LogP contribution >= 0.6 is 23.7 Å². The Hall–Kier alpha value is -2.05. The molecule has 27 heavy (non-hydrogen) atoms. The number of carbonyl (C=O) groups excluding carboxylic acids is 2. The Bertz CT molecular complexity index is 785. The van der Waals surface area contributed by atoms with Crippen molar-refractivity contribution in [1.29, 1.82) is 0 Å². The number of thiophene rings is 1. The molecule has 0 bridgehead atoms. The minimum Gasteiger partial charge on any atom is -0.399 e. The average Bonchev–Trinajstić information content (AvgIpc) is 3.08. The molecule has 0 saturated carbocycles. The van der Waals surface area contributed by atoms with Crippen LogP contribution in [0.1, 0.15) is 39.4 Å². The van der Waals surface area contributed by atoms with E-state index >= 15 is 0 Å². The highest BCUT2D eigenvalue weighted by molar-refractivity contribution is 7.13. The molecular weight excluding hydrogens is 382 g/mol. The fraction of sp³-hybridized carbons (Fsp3) is 0.400. The maximum atomic E-state index is 12.4. The maximum Gasteiger partial charge on any atom is 0.261 e. The molecule has 0 aliphatic carbocycles. The quantitative estimate of drug-likeness (QED) is 0.745. The molecule has 2 heterocycles. The normalized spacial score (nSPS) is 14.5. The van der Waals surface area contributed by atoms with Crippen LogP contribution in [0.3, 0.4) is 0 Å². The second kappa shape index (κ2) is 9.76. The van der Waals surface area contributed by atoms with Crippen LogP contribution in [0.5, 0.6) is 0 Å². The van der Waals surface area contributed by atoms with Crippen molar-refractivity contribution < 1.29 is 9.59 Å². The maximum absolute atomic E-state index is 12.4. The van der Waals surface area contributed by atoms with E-state index in [1.54, 1.807) is 0 Å². The number of amides is 2. The number of nitrogens with one attached hydrogen (secondary N) is 1. The Labute approximate surface area is 170 Å². The van der Waals surface area contributed by atoms with Gasteiger partial charge in [0.15, 0.2) is 0 Å². The third-order valence-electron chi connectivity index (χ3n) is 4.81. The minimum atomic E-state index is -0.00701. The molecule has 1 aliphatic rings. The first kappa shape index (κ1) is 21.3. The number of anilines is 1. The smallest absolute Gasteiger partial charge is 0.261 e. The summed E-state index contributed by atoms with van der Waals surface area (Å²) < 4.78 is 0. The van der Waals surface area contributed by atoms with E-state index in [1.807, 2.05) is 48.2 Å². The summed E-state index contributed by atoms with van der Waals surface area (Å²) in [4.78, 5) is 28.5. The number of aryl methyl sites for hydroxylation is 2. The molecular formula is C20H26ClN3O2S. The summed E-state index contributed by atoms with van der Waals surface area (Å²) in [5.74, 6) is 0.152. The highest BCUT2D eigenvalue weighted by Gasteiger charge is 2.24. The van der Waals surface area contributed by atoms with Gasteiger partial charge in [0, 0.05) is 36.1 Å². The van der Waals surface area contributed by atoms with Crippen molar-refractivity contribution in [3.63, 3.8) is 0 Å². The summed E-state index contributed by atoms with van der Waals surface area (Å²) in [5, 5.41) is 3.09. The van der Waals surface area contributed by atoms with Crippen LogP contribution < -0.4 is 11.1 Å². The van der Waals surface area contributed by atoms with E-state index in [4.69, 9.17) is 5.73 Å². The van der Waals surface area contributed by atoms with Crippen molar-refractivity contribution in [3.05, 3.63) is 51.7 Å². The predicted octanol–water partition coefficient (Wildman–Crippen LogP) is 3.41. The van der Waals surface area contributed by atoms with Gasteiger partial charge in [-0.15, -0.1) is 23.7 Å². The lowest BCUT2D eigenvalue weighted by Gasteiger charge is -2.32. The Kier molecular flexibility index (Phi) is 7.68. The first-order valence-electron chi connectivity index (χ1n) is 9.01. The predicted molar refractivity (Wildman–Crippen MR) is 113 cm³/mol. The van der Waals surface area contributed by atoms with Gasteiger partial charge in [-0.05, 0) is 49.9 Å². The standard InChI is InChI=1S/C20H25N3O2S.ClH/c1-14-6-8-18(26-14)20(25)22-16-10-12-23(13-11-16)19(24)9-7-15-4-2-3-5-17(15)21;/h2-6,8,16H,7,9-13,21H2,1H3,(H,22,25);1H. The molecule has 0 unspecified atom stereocenters. The zero-order chi connectivity index (χ0) is 18.5. The molecule has 2 amide bonds. The fourth-order valence-corrected chi connectivity index (χ4v) is 4.02. The number of hydrogen-bond donors (Lipinski definition) is 2. The minimum absolute atomic E-state index is 0. The molecule has 0 atom stereocenters. The lowest BCUT2D eigenvalue weighted by molar-refractivity contribution is -0.132. The molecule has 0 radical (unpaired) electrons. The lowest BCUT2D eigenvalue weighted by atomic mass is 10.0. The van der Waals surface area contributed by atoms with Gasteiger partial charge in [-0.3, -0.25) is 9.59 Å². The van der Waals surface area contributed by atoms with Gasteiger partial charge in [-0.1, -0.05) is 18.2 Å². The molecule has 1 aromatic heterocycles. The molecule has 2 aromatic rings. The topological polar surface area (TPSA) is 75.4 Å². The molecule has 1 saturated heterocycles. The number of nitrogens with zero attached hydrogens (tertiary/aromatic N) is 1. The molecule has 146 valence electrons. The van der Waals surface area contributed by atoms with Gasteiger partial charge in [-0.2, -0.15) is 0 Å². The number of hydrogen-bond acceptors (Lipinski definition) is 4. The molecule has 0 spiro atoms. The number of nitrogen functional groups attached to an aromatic ring is 1. The zero-order valence-electron chi connectivity index (χ0n) is 15.4. The number of para-hydroxylation sites is 1. The number of likely N-dealkylation sites (tertiary alicyclic amines) is 1. The van der Waals surface area contributed by atoms with E-state index in [-0.39, 0.29) is 30.3 Å². The van der Waals surface area contributed by atoms with Crippen molar-refractivity contribution >= 4 is 41.2 Å². The molecule has 1 aliphatic heterocycles.